The predicted octanol–water partition coefficient (Wildman–Crippen LogP) is 2.56. The molecule has 0 amide bonds. The third-order valence-electron chi connectivity index (χ3n) is 3.69. The molecule has 0 aromatic rings. The Morgan fingerprint density at radius 1 is 1.08 bits per heavy atom. The van der Waals surface area contributed by atoms with Gasteiger partial charge in [0.1, 0.15) is 0 Å². The van der Waals surface area contributed by atoms with Crippen LogP contribution >= 0.6 is 0 Å². The van der Waals surface area contributed by atoms with Crippen LogP contribution in [-0.4, -0.2) is 12.1 Å². The predicted molar refractivity (Wildman–Crippen MR) is 52.1 cm³/mol. The number of piperidine rings is 2. The van der Waals surface area contributed by atoms with Gasteiger partial charge in [-0.1, -0.05) is 20.3 Å². The van der Waals surface area contributed by atoms with Gasteiger partial charge in [0.15, 0.2) is 0 Å². The van der Waals surface area contributed by atoms with Gasteiger partial charge >= 0.3 is 0 Å². The maximum atomic E-state index is 3.74. The zero-order valence-corrected chi connectivity index (χ0v) is 8.34. The summed E-state index contributed by atoms with van der Waals surface area (Å²) < 4.78 is 0. The number of fused-ring (bicyclic) bond motifs is 2. The molecule has 0 spiro atoms. The second-order valence-corrected chi connectivity index (χ2v) is 4.97. The van der Waals surface area contributed by atoms with E-state index in [-0.39, 0.29) is 0 Å². The third kappa shape index (κ3) is 1.66. The van der Waals surface area contributed by atoms with Gasteiger partial charge in [-0.15, -0.1) is 0 Å². The van der Waals surface area contributed by atoms with E-state index in [1.165, 1.54) is 32.1 Å². The summed E-state index contributed by atoms with van der Waals surface area (Å²) in [5.74, 6) is 1.90. The molecule has 0 aliphatic carbocycles. The SMILES string of the molecule is CC(C)[C@H]1CC2CCC[C@H](C1)N2. The Morgan fingerprint density at radius 2 is 1.67 bits per heavy atom. The zero-order chi connectivity index (χ0) is 8.55. The van der Waals surface area contributed by atoms with Crippen LogP contribution in [0.5, 0.6) is 0 Å². The molecule has 0 aromatic heterocycles. The summed E-state index contributed by atoms with van der Waals surface area (Å²) in [6.07, 6.45) is 7.20. The van der Waals surface area contributed by atoms with Gasteiger partial charge in [-0.2, -0.15) is 0 Å². The van der Waals surface area contributed by atoms with E-state index in [1.807, 2.05) is 0 Å². The van der Waals surface area contributed by atoms with Crippen LogP contribution in [-0.2, 0) is 0 Å². The first-order valence-corrected chi connectivity index (χ1v) is 5.51. The summed E-state index contributed by atoms with van der Waals surface area (Å²) in [4.78, 5) is 0. The Hall–Kier alpha value is -0.0400. The molecule has 3 atom stereocenters. The molecule has 1 N–H and O–H groups in total. The van der Waals surface area contributed by atoms with E-state index in [9.17, 15) is 0 Å². The molecule has 2 fully saturated rings. The van der Waals surface area contributed by atoms with Crippen molar-refractivity contribution in [1.82, 2.24) is 5.32 Å². The van der Waals surface area contributed by atoms with Crippen LogP contribution in [0.15, 0.2) is 0 Å². The van der Waals surface area contributed by atoms with Gasteiger partial charge in [0.25, 0.3) is 0 Å². The van der Waals surface area contributed by atoms with Crippen molar-refractivity contribution in [2.45, 2.75) is 58.0 Å². The van der Waals surface area contributed by atoms with E-state index in [0.29, 0.717) is 0 Å². The fourth-order valence-electron chi connectivity index (χ4n) is 2.85. The molecule has 2 bridgehead atoms. The Balaban J connectivity index is 1.96. The second kappa shape index (κ2) is 3.37. The summed E-state index contributed by atoms with van der Waals surface area (Å²) in [6.45, 7) is 4.76. The van der Waals surface area contributed by atoms with Crippen LogP contribution in [0.3, 0.4) is 0 Å². The fraction of sp³-hybridized carbons (Fsp3) is 1.00. The smallest absolute Gasteiger partial charge is 0.00724 e. The molecule has 1 unspecified atom stereocenters. The number of hydrogen-bond acceptors (Lipinski definition) is 1. The van der Waals surface area contributed by atoms with E-state index in [2.05, 4.69) is 19.2 Å². The van der Waals surface area contributed by atoms with E-state index < -0.39 is 0 Å². The standard InChI is InChI=1S/C11H21N/c1-8(2)9-6-10-4-3-5-11(7-9)12-10/h8-12H,3-7H2,1-2H3/t9-,10-,11?/m1/s1. The maximum Gasteiger partial charge on any atom is 0.00724 e. The van der Waals surface area contributed by atoms with Crippen molar-refractivity contribution in [3.63, 3.8) is 0 Å². The van der Waals surface area contributed by atoms with Gasteiger partial charge in [0.05, 0.1) is 0 Å². The molecule has 70 valence electrons. The van der Waals surface area contributed by atoms with E-state index in [4.69, 9.17) is 0 Å². The minimum Gasteiger partial charge on any atom is -0.311 e. The van der Waals surface area contributed by atoms with Crippen LogP contribution in [0.4, 0.5) is 0 Å². The molecule has 2 heterocycles. The first-order chi connectivity index (χ1) is 5.75. The Labute approximate surface area is 75.9 Å². The summed E-state index contributed by atoms with van der Waals surface area (Å²) in [7, 11) is 0. The lowest BCUT2D eigenvalue weighted by Gasteiger charge is -2.41. The van der Waals surface area contributed by atoms with E-state index in [1.54, 1.807) is 0 Å². The van der Waals surface area contributed by atoms with Gasteiger partial charge < -0.3 is 5.32 Å². The Kier molecular flexibility index (Phi) is 2.40. The summed E-state index contributed by atoms with van der Waals surface area (Å²) in [5.41, 5.74) is 0. The van der Waals surface area contributed by atoms with Crippen molar-refractivity contribution < 1.29 is 0 Å². The van der Waals surface area contributed by atoms with Crippen LogP contribution in [0, 0.1) is 11.8 Å². The fourth-order valence-corrected chi connectivity index (χ4v) is 2.85. The zero-order valence-electron chi connectivity index (χ0n) is 8.34. The highest BCUT2D eigenvalue weighted by atomic mass is 15.0. The molecule has 2 rings (SSSR count). The molecule has 1 heteroatoms. The first-order valence-electron chi connectivity index (χ1n) is 5.51. The normalized spacial score (nSPS) is 41.8. The highest BCUT2D eigenvalue weighted by Gasteiger charge is 2.31. The molecule has 12 heavy (non-hydrogen) atoms. The van der Waals surface area contributed by atoms with Crippen LogP contribution in [0.2, 0.25) is 0 Å². The number of hydrogen-bond donors (Lipinski definition) is 1. The largest absolute Gasteiger partial charge is 0.311 e. The average molecular weight is 167 g/mol. The van der Waals surface area contributed by atoms with Crippen molar-refractivity contribution in [2.75, 3.05) is 0 Å². The quantitative estimate of drug-likeness (QED) is 0.633. The summed E-state index contributed by atoms with van der Waals surface area (Å²) in [5, 5.41) is 3.74. The second-order valence-electron chi connectivity index (χ2n) is 4.97. The molecule has 2 saturated heterocycles. The van der Waals surface area contributed by atoms with Crippen LogP contribution in [0.1, 0.15) is 46.0 Å². The highest BCUT2D eigenvalue weighted by Crippen LogP contribution is 2.33. The first kappa shape index (κ1) is 8.55. The highest BCUT2D eigenvalue weighted by molar-refractivity contribution is 4.89. The lowest BCUT2D eigenvalue weighted by molar-refractivity contribution is 0.154. The molecule has 0 aromatic carbocycles. The molecule has 0 radical (unpaired) electrons. The molecule has 1 nitrogen and oxygen atoms in total. The average Bonchev–Trinajstić information content (AvgIpc) is 2.03. The summed E-state index contributed by atoms with van der Waals surface area (Å²) >= 11 is 0. The van der Waals surface area contributed by atoms with Crippen molar-refractivity contribution in [3.05, 3.63) is 0 Å². The van der Waals surface area contributed by atoms with Crippen LogP contribution in [0.25, 0.3) is 0 Å². The molecular weight excluding hydrogens is 146 g/mol. The molecule has 0 saturated carbocycles. The van der Waals surface area contributed by atoms with Gasteiger partial charge in [0.2, 0.25) is 0 Å². The van der Waals surface area contributed by atoms with Crippen molar-refractivity contribution in [2.24, 2.45) is 11.8 Å². The molecular formula is C11H21N. The number of rotatable bonds is 1. The minimum absolute atomic E-state index is 0.866. The summed E-state index contributed by atoms with van der Waals surface area (Å²) in [6, 6.07) is 1.73. The Bertz CT molecular complexity index is 141. The minimum atomic E-state index is 0.866. The lowest BCUT2D eigenvalue weighted by atomic mass is 9.76. The van der Waals surface area contributed by atoms with Gasteiger partial charge in [-0.3, -0.25) is 0 Å². The topological polar surface area (TPSA) is 12.0 Å². The van der Waals surface area contributed by atoms with Gasteiger partial charge in [-0.25, -0.2) is 0 Å². The van der Waals surface area contributed by atoms with Gasteiger partial charge in [-0.05, 0) is 37.5 Å². The molecule has 2 aliphatic heterocycles. The monoisotopic (exact) mass is 167 g/mol. The Morgan fingerprint density at radius 3 is 2.17 bits per heavy atom. The van der Waals surface area contributed by atoms with E-state index >= 15 is 0 Å². The maximum absolute atomic E-state index is 3.74. The third-order valence-corrected chi connectivity index (χ3v) is 3.69. The number of nitrogens with one attached hydrogen (secondary N) is 1. The van der Waals surface area contributed by atoms with Crippen molar-refractivity contribution >= 4 is 0 Å². The molecule has 2 aliphatic rings. The van der Waals surface area contributed by atoms with Gasteiger partial charge in [0, 0.05) is 12.1 Å². The van der Waals surface area contributed by atoms with Crippen molar-refractivity contribution in [1.29, 1.82) is 0 Å². The lowest BCUT2D eigenvalue weighted by Crippen LogP contribution is -2.49. The van der Waals surface area contributed by atoms with Crippen molar-refractivity contribution in [3.8, 4) is 0 Å². The van der Waals surface area contributed by atoms with E-state index in [0.717, 1.165) is 23.9 Å². The van der Waals surface area contributed by atoms with Crippen LogP contribution < -0.4 is 5.32 Å².